The van der Waals surface area contributed by atoms with Crippen molar-refractivity contribution in [2.45, 2.75) is 26.3 Å². The number of benzene rings is 2. The van der Waals surface area contributed by atoms with Gasteiger partial charge in [0.05, 0.1) is 0 Å². The Morgan fingerprint density at radius 2 is 1.95 bits per heavy atom. The van der Waals surface area contributed by atoms with Crippen LogP contribution in [-0.4, -0.2) is 7.05 Å². The molecule has 0 amide bonds. The van der Waals surface area contributed by atoms with Crippen molar-refractivity contribution < 1.29 is 4.39 Å². The minimum Gasteiger partial charge on any atom is -0.313 e. The summed E-state index contributed by atoms with van der Waals surface area (Å²) in [4.78, 5) is 0. The van der Waals surface area contributed by atoms with Crippen molar-refractivity contribution in [3.05, 3.63) is 68.9 Å². The molecule has 0 bridgehead atoms. The van der Waals surface area contributed by atoms with E-state index in [1.807, 2.05) is 13.1 Å². The van der Waals surface area contributed by atoms with Crippen molar-refractivity contribution in [2.24, 2.45) is 0 Å². The molecule has 0 saturated heterocycles. The second-order valence-electron chi connectivity index (χ2n) is 5.07. The van der Waals surface area contributed by atoms with Crippen molar-refractivity contribution >= 4 is 15.9 Å². The van der Waals surface area contributed by atoms with E-state index >= 15 is 0 Å². The number of nitrogens with one attached hydrogen (secondary N) is 1. The summed E-state index contributed by atoms with van der Waals surface area (Å²) in [7, 11) is 1.96. The van der Waals surface area contributed by atoms with Gasteiger partial charge in [0.15, 0.2) is 0 Å². The lowest BCUT2D eigenvalue weighted by Crippen LogP contribution is -2.20. The zero-order chi connectivity index (χ0) is 14.7. The van der Waals surface area contributed by atoms with Gasteiger partial charge in [-0.3, -0.25) is 0 Å². The molecule has 0 spiro atoms. The average molecular weight is 336 g/mol. The zero-order valence-electron chi connectivity index (χ0n) is 12.0. The van der Waals surface area contributed by atoms with Gasteiger partial charge in [0.2, 0.25) is 0 Å². The fourth-order valence-electron chi connectivity index (χ4n) is 2.43. The van der Waals surface area contributed by atoms with Crippen LogP contribution in [0.15, 0.2) is 40.9 Å². The highest BCUT2D eigenvalue weighted by Crippen LogP contribution is 2.27. The van der Waals surface area contributed by atoms with Gasteiger partial charge in [-0.1, -0.05) is 40.2 Å². The molecule has 106 valence electrons. The molecule has 2 rings (SSSR count). The Balaban J connectivity index is 2.31. The van der Waals surface area contributed by atoms with E-state index in [0.29, 0.717) is 0 Å². The normalized spacial score (nSPS) is 12.4. The minimum absolute atomic E-state index is 0.214. The topological polar surface area (TPSA) is 12.0 Å². The maximum atomic E-state index is 13.2. The third-order valence-corrected chi connectivity index (χ3v) is 4.55. The molecule has 2 aromatic carbocycles. The maximum Gasteiger partial charge on any atom is 0.124 e. The van der Waals surface area contributed by atoms with Gasteiger partial charge in [-0.25, -0.2) is 4.39 Å². The number of halogens is 2. The molecule has 1 N–H and O–H groups in total. The van der Waals surface area contributed by atoms with E-state index in [-0.39, 0.29) is 11.9 Å². The van der Waals surface area contributed by atoms with Gasteiger partial charge >= 0.3 is 0 Å². The smallest absolute Gasteiger partial charge is 0.124 e. The van der Waals surface area contributed by atoms with Crippen molar-refractivity contribution in [3.63, 3.8) is 0 Å². The fourth-order valence-corrected chi connectivity index (χ4v) is 2.94. The molecule has 0 aliphatic carbocycles. The predicted octanol–water partition coefficient (Wildman–Crippen LogP) is 4.71. The van der Waals surface area contributed by atoms with E-state index in [4.69, 9.17) is 0 Å². The molecule has 0 radical (unpaired) electrons. The molecule has 2 aromatic rings. The highest BCUT2D eigenvalue weighted by Gasteiger charge is 2.15. The molecule has 0 aromatic heterocycles. The van der Waals surface area contributed by atoms with Crippen LogP contribution < -0.4 is 5.32 Å². The van der Waals surface area contributed by atoms with Crippen LogP contribution in [0.2, 0.25) is 0 Å². The summed E-state index contributed by atoms with van der Waals surface area (Å²) in [5.41, 5.74) is 5.00. The van der Waals surface area contributed by atoms with Gasteiger partial charge < -0.3 is 5.32 Å². The van der Waals surface area contributed by atoms with Crippen LogP contribution in [0.25, 0.3) is 0 Å². The lowest BCUT2D eigenvalue weighted by atomic mass is 9.93. The van der Waals surface area contributed by atoms with Crippen LogP contribution in [0, 0.1) is 19.7 Å². The largest absolute Gasteiger partial charge is 0.313 e. The molecule has 1 unspecified atom stereocenters. The summed E-state index contributed by atoms with van der Waals surface area (Å²) < 4.78 is 14.0. The lowest BCUT2D eigenvalue weighted by Gasteiger charge is -2.21. The van der Waals surface area contributed by atoms with E-state index in [9.17, 15) is 4.39 Å². The molecular formula is C17H19BrFN. The van der Waals surface area contributed by atoms with Crippen molar-refractivity contribution in [2.75, 3.05) is 7.05 Å². The standard InChI is InChI=1S/C17H19BrFN/c1-11-5-4-6-15(12(11)2)17(20-3)9-13-7-8-14(19)10-16(13)18/h4-8,10,17,20H,9H2,1-3H3. The van der Waals surface area contributed by atoms with E-state index in [1.165, 1.54) is 28.8 Å². The highest BCUT2D eigenvalue weighted by atomic mass is 79.9. The average Bonchev–Trinajstić information content (AvgIpc) is 2.42. The number of hydrogen-bond donors (Lipinski definition) is 1. The summed E-state index contributed by atoms with van der Waals surface area (Å²) in [6.45, 7) is 4.27. The SMILES string of the molecule is CNC(Cc1ccc(F)cc1Br)c1cccc(C)c1C. The Labute approximate surface area is 128 Å². The Morgan fingerprint density at radius 1 is 1.20 bits per heavy atom. The highest BCUT2D eigenvalue weighted by molar-refractivity contribution is 9.10. The van der Waals surface area contributed by atoms with Crippen LogP contribution in [-0.2, 0) is 6.42 Å². The van der Waals surface area contributed by atoms with Gasteiger partial charge in [-0.05, 0) is 61.7 Å². The first-order chi connectivity index (χ1) is 9.52. The Hall–Kier alpha value is -1.19. The van der Waals surface area contributed by atoms with Crippen LogP contribution in [0.4, 0.5) is 4.39 Å². The Bertz CT molecular complexity index is 610. The van der Waals surface area contributed by atoms with Crippen LogP contribution >= 0.6 is 15.9 Å². The second kappa shape index (κ2) is 6.51. The molecule has 0 heterocycles. The fraction of sp³-hybridized carbons (Fsp3) is 0.294. The summed E-state index contributed by atoms with van der Waals surface area (Å²) in [6, 6.07) is 11.5. The minimum atomic E-state index is -0.214. The van der Waals surface area contributed by atoms with Crippen molar-refractivity contribution in [3.8, 4) is 0 Å². The summed E-state index contributed by atoms with van der Waals surface area (Å²) in [5.74, 6) is -0.214. The molecule has 20 heavy (non-hydrogen) atoms. The summed E-state index contributed by atoms with van der Waals surface area (Å²) in [5, 5.41) is 3.36. The maximum absolute atomic E-state index is 13.2. The van der Waals surface area contributed by atoms with E-state index in [2.05, 4.69) is 53.3 Å². The Kier molecular flexibility index (Phi) is 4.95. The van der Waals surface area contributed by atoms with Gasteiger partial charge in [-0.15, -0.1) is 0 Å². The number of aryl methyl sites for hydroxylation is 1. The summed E-state index contributed by atoms with van der Waals surface area (Å²) in [6.07, 6.45) is 0.821. The molecule has 3 heteroatoms. The van der Waals surface area contributed by atoms with Crippen molar-refractivity contribution in [1.82, 2.24) is 5.32 Å². The first-order valence-corrected chi connectivity index (χ1v) is 7.49. The molecule has 0 fully saturated rings. The van der Waals surface area contributed by atoms with Gasteiger partial charge in [-0.2, -0.15) is 0 Å². The number of hydrogen-bond acceptors (Lipinski definition) is 1. The van der Waals surface area contributed by atoms with Gasteiger partial charge in [0, 0.05) is 10.5 Å². The van der Waals surface area contributed by atoms with Crippen molar-refractivity contribution in [1.29, 1.82) is 0 Å². The Morgan fingerprint density at radius 3 is 2.60 bits per heavy atom. The molecule has 0 saturated carbocycles. The van der Waals surface area contributed by atoms with E-state index in [1.54, 1.807) is 0 Å². The van der Waals surface area contributed by atoms with Crippen LogP contribution in [0.1, 0.15) is 28.3 Å². The monoisotopic (exact) mass is 335 g/mol. The summed E-state index contributed by atoms with van der Waals surface area (Å²) >= 11 is 3.44. The van der Waals surface area contributed by atoms with Gasteiger partial charge in [0.1, 0.15) is 5.82 Å². The molecule has 0 aliphatic rings. The lowest BCUT2D eigenvalue weighted by molar-refractivity contribution is 0.584. The zero-order valence-corrected chi connectivity index (χ0v) is 13.6. The predicted molar refractivity (Wildman–Crippen MR) is 85.5 cm³/mol. The van der Waals surface area contributed by atoms with Crippen LogP contribution in [0.5, 0.6) is 0 Å². The second-order valence-corrected chi connectivity index (χ2v) is 5.92. The van der Waals surface area contributed by atoms with E-state index in [0.717, 1.165) is 16.5 Å². The van der Waals surface area contributed by atoms with E-state index < -0.39 is 0 Å². The number of likely N-dealkylation sites (N-methyl/N-ethyl adjacent to an activating group) is 1. The third-order valence-electron chi connectivity index (χ3n) is 3.81. The van der Waals surface area contributed by atoms with Gasteiger partial charge in [0.25, 0.3) is 0 Å². The first kappa shape index (κ1) is 15.2. The number of rotatable bonds is 4. The quantitative estimate of drug-likeness (QED) is 0.853. The first-order valence-electron chi connectivity index (χ1n) is 6.70. The molecule has 0 aliphatic heterocycles. The van der Waals surface area contributed by atoms with Crippen LogP contribution in [0.3, 0.4) is 0 Å². The molecule has 1 atom stereocenters. The molecule has 1 nitrogen and oxygen atoms in total. The molecular weight excluding hydrogens is 317 g/mol. The third kappa shape index (κ3) is 3.28.